The number of rotatable bonds is 1. The van der Waals surface area contributed by atoms with Gasteiger partial charge in [0.15, 0.2) is 0 Å². The first-order valence-corrected chi connectivity index (χ1v) is 5.80. The first-order valence-electron chi connectivity index (χ1n) is 5.05. The Morgan fingerprint density at radius 3 is 2.59 bits per heavy atom. The minimum absolute atomic E-state index is 0.340. The van der Waals surface area contributed by atoms with E-state index in [2.05, 4.69) is 4.98 Å². The van der Waals surface area contributed by atoms with E-state index >= 15 is 0 Å². The van der Waals surface area contributed by atoms with Crippen LogP contribution in [0, 0.1) is 0 Å². The van der Waals surface area contributed by atoms with E-state index in [-0.39, 0.29) is 0 Å². The summed E-state index contributed by atoms with van der Waals surface area (Å²) in [5, 5.41) is 0.709. The summed E-state index contributed by atoms with van der Waals surface area (Å²) in [5.41, 5.74) is 1.80. The Morgan fingerprint density at radius 1 is 0.882 bits per heavy atom. The van der Waals surface area contributed by atoms with Crippen LogP contribution < -0.4 is 0 Å². The fourth-order valence-corrected chi connectivity index (χ4v) is 2.14. The Bertz CT molecular complexity index is 648. The summed E-state index contributed by atoms with van der Waals surface area (Å²) in [6, 6.07) is 13.2. The van der Waals surface area contributed by atoms with Crippen molar-refractivity contribution >= 4 is 23.2 Å². The lowest BCUT2D eigenvalue weighted by Gasteiger charge is -2.06. The Morgan fingerprint density at radius 2 is 1.76 bits per heavy atom. The highest BCUT2D eigenvalue weighted by Crippen LogP contribution is 2.32. The molecule has 0 N–H and O–H groups in total. The van der Waals surface area contributed by atoms with Crippen LogP contribution in [0.25, 0.3) is 22.6 Å². The van der Waals surface area contributed by atoms with Crippen LogP contribution in [-0.2, 0) is 0 Å². The molecule has 0 saturated heterocycles. The van der Waals surface area contributed by atoms with Gasteiger partial charge in [0.2, 0.25) is 0 Å². The van der Waals surface area contributed by atoms with Crippen molar-refractivity contribution in [3.05, 3.63) is 52.8 Å². The van der Waals surface area contributed by atoms with Crippen molar-refractivity contribution in [2.75, 3.05) is 0 Å². The van der Waals surface area contributed by atoms with E-state index in [1.54, 1.807) is 12.1 Å². The third kappa shape index (κ3) is 1.90. The Balaban J connectivity index is 2.17. The molecule has 0 saturated carbocycles. The molecule has 0 radical (unpaired) electrons. The van der Waals surface area contributed by atoms with Crippen molar-refractivity contribution in [3.8, 4) is 22.6 Å². The second-order valence-electron chi connectivity index (χ2n) is 3.62. The zero-order valence-corrected chi connectivity index (χ0v) is 10.2. The number of fused-ring (bicyclic) bond motifs is 1. The molecule has 4 heteroatoms. The molecule has 1 aliphatic heterocycles. The van der Waals surface area contributed by atoms with Crippen molar-refractivity contribution in [2.24, 2.45) is 0 Å². The van der Waals surface area contributed by atoms with Gasteiger partial charge in [-0.15, -0.1) is 0 Å². The van der Waals surface area contributed by atoms with Crippen LogP contribution in [-0.4, -0.2) is 4.98 Å². The van der Waals surface area contributed by atoms with E-state index in [4.69, 9.17) is 27.6 Å². The van der Waals surface area contributed by atoms with Gasteiger partial charge in [0.25, 0.3) is 0 Å². The quantitative estimate of drug-likeness (QED) is 0.592. The molecule has 0 spiro atoms. The van der Waals surface area contributed by atoms with Crippen molar-refractivity contribution < 1.29 is 4.42 Å². The summed E-state index contributed by atoms with van der Waals surface area (Å²) in [6.07, 6.45) is 0. The summed E-state index contributed by atoms with van der Waals surface area (Å²) in [5.74, 6) is 1.51. The monoisotopic (exact) mass is 263 g/mol. The predicted octanol–water partition coefficient (Wildman–Crippen LogP) is 4.75. The fraction of sp³-hybridized carbons (Fsp3) is 0. The lowest BCUT2D eigenvalue weighted by molar-refractivity contribution is 0.583. The van der Waals surface area contributed by atoms with Gasteiger partial charge in [0.05, 0.1) is 5.56 Å². The van der Waals surface area contributed by atoms with Crippen molar-refractivity contribution in [2.45, 2.75) is 0 Å². The summed E-state index contributed by atoms with van der Waals surface area (Å²) in [6.45, 7) is 0. The summed E-state index contributed by atoms with van der Waals surface area (Å²) < 4.78 is 5.74. The highest BCUT2D eigenvalue weighted by atomic mass is 35.5. The lowest BCUT2D eigenvalue weighted by Crippen LogP contribution is -1.85. The zero-order chi connectivity index (χ0) is 11.8. The molecule has 2 aliphatic rings. The number of halogens is 2. The molecule has 0 fully saturated rings. The number of hydrogen-bond acceptors (Lipinski definition) is 2. The fourth-order valence-electron chi connectivity index (χ4n) is 1.71. The van der Waals surface area contributed by atoms with E-state index in [1.807, 2.05) is 30.3 Å². The van der Waals surface area contributed by atoms with Gasteiger partial charge in [0, 0.05) is 5.56 Å². The van der Waals surface area contributed by atoms with Crippen LogP contribution in [0.1, 0.15) is 0 Å². The summed E-state index contributed by atoms with van der Waals surface area (Å²) in [7, 11) is 0. The molecule has 17 heavy (non-hydrogen) atoms. The molecular formula is C13H7Cl2NO. The molecular weight excluding hydrogens is 257 g/mol. The third-order valence-corrected chi connectivity index (χ3v) is 3.02. The second-order valence-corrected chi connectivity index (χ2v) is 4.36. The Hall–Kier alpha value is -1.51. The SMILES string of the molecule is Clc1ccc(-c2ccc3cccc-3o2)c(Cl)n1. The number of hydrogen-bond donors (Lipinski definition) is 0. The van der Waals surface area contributed by atoms with Crippen molar-refractivity contribution in [1.82, 2.24) is 4.98 Å². The van der Waals surface area contributed by atoms with Gasteiger partial charge < -0.3 is 4.42 Å². The minimum atomic E-state index is 0.340. The molecule has 0 atom stereocenters. The minimum Gasteiger partial charge on any atom is -0.456 e. The summed E-state index contributed by atoms with van der Waals surface area (Å²) >= 11 is 11.8. The molecule has 2 nitrogen and oxygen atoms in total. The highest BCUT2D eigenvalue weighted by molar-refractivity contribution is 6.34. The molecule has 0 amide bonds. The number of nitrogens with zero attached hydrogens (tertiary/aromatic N) is 1. The van der Waals surface area contributed by atoms with Gasteiger partial charge in [-0.3, -0.25) is 0 Å². The maximum atomic E-state index is 6.03. The highest BCUT2D eigenvalue weighted by Gasteiger charge is 2.11. The second kappa shape index (κ2) is 4.06. The Labute approximate surface area is 108 Å². The maximum absolute atomic E-state index is 6.03. The van der Waals surface area contributed by atoms with Crippen molar-refractivity contribution in [3.63, 3.8) is 0 Å². The summed E-state index contributed by atoms with van der Waals surface area (Å²) in [4.78, 5) is 3.99. The van der Waals surface area contributed by atoms with Gasteiger partial charge in [-0.1, -0.05) is 35.3 Å². The molecule has 0 bridgehead atoms. The van der Waals surface area contributed by atoms with E-state index < -0.39 is 0 Å². The molecule has 1 aliphatic carbocycles. The van der Waals surface area contributed by atoms with Crippen LogP contribution in [0.5, 0.6) is 0 Å². The van der Waals surface area contributed by atoms with Crippen LogP contribution in [0.2, 0.25) is 10.3 Å². The van der Waals surface area contributed by atoms with E-state index in [0.29, 0.717) is 16.1 Å². The number of pyridine rings is 1. The van der Waals surface area contributed by atoms with Gasteiger partial charge in [-0.25, -0.2) is 4.98 Å². The predicted molar refractivity (Wildman–Crippen MR) is 68.6 cm³/mol. The normalized spacial score (nSPS) is 10.9. The maximum Gasteiger partial charge on any atom is 0.141 e. The van der Waals surface area contributed by atoms with E-state index in [9.17, 15) is 0 Å². The lowest BCUT2D eigenvalue weighted by atomic mass is 10.2. The molecule has 2 heterocycles. The van der Waals surface area contributed by atoms with Crippen LogP contribution in [0.4, 0.5) is 0 Å². The smallest absolute Gasteiger partial charge is 0.141 e. The molecule has 0 unspecified atom stereocenters. The molecule has 0 aromatic carbocycles. The van der Waals surface area contributed by atoms with Gasteiger partial charge in [0.1, 0.15) is 21.8 Å². The van der Waals surface area contributed by atoms with Crippen LogP contribution in [0.15, 0.2) is 46.9 Å². The van der Waals surface area contributed by atoms with Crippen molar-refractivity contribution in [1.29, 1.82) is 0 Å². The zero-order valence-electron chi connectivity index (χ0n) is 8.65. The van der Waals surface area contributed by atoms with Crippen LogP contribution >= 0.6 is 23.2 Å². The standard InChI is InChI=1S/C13H7Cl2NO/c14-12-7-5-9(13(15)16-12)11-6-4-8-2-1-3-10(8)17-11/h1-7H. The average Bonchev–Trinajstić information content (AvgIpc) is 2.75. The number of aromatic nitrogens is 1. The average molecular weight is 264 g/mol. The topological polar surface area (TPSA) is 26.0 Å². The molecule has 1 aromatic heterocycles. The molecule has 1 aromatic rings. The van der Waals surface area contributed by atoms with E-state index in [1.165, 1.54) is 0 Å². The largest absolute Gasteiger partial charge is 0.456 e. The molecule has 84 valence electrons. The van der Waals surface area contributed by atoms with Gasteiger partial charge >= 0.3 is 0 Å². The molecule has 3 rings (SSSR count). The van der Waals surface area contributed by atoms with Crippen LogP contribution in [0.3, 0.4) is 0 Å². The third-order valence-electron chi connectivity index (χ3n) is 2.52. The van der Waals surface area contributed by atoms with Gasteiger partial charge in [-0.05, 0) is 30.3 Å². The first-order chi connectivity index (χ1) is 8.24. The Kier molecular flexibility index (Phi) is 2.54. The van der Waals surface area contributed by atoms with E-state index in [0.717, 1.165) is 16.9 Å². The first kappa shape index (κ1) is 10.6. The van der Waals surface area contributed by atoms with Gasteiger partial charge in [-0.2, -0.15) is 0 Å².